The second kappa shape index (κ2) is 3.05. The SMILES string of the molecule is O=C(Nc1ncc[nH]1)c1cn[nH]n1. The average Bonchev–Trinajstić information content (AvgIpc) is 2.74. The molecule has 0 bridgehead atoms. The van der Waals surface area contributed by atoms with Gasteiger partial charge < -0.3 is 4.98 Å². The van der Waals surface area contributed by atoms with Gasteiger partial charge in [-0.1, -0.05) is 0 Å². The van der Waals surface area contributed by atoms with E-state index in [2.05, 4.69) is 30.7 Å². The minimum Gasteiger partial charge on any atom is -0.331 e. The minimum atomic E-state index is -0.358. The summed E-state index contributed by atoms with van der Waals surface area (Å²) in [5, 5.41) is 11.9. The number of aromatic nitrogens is 5. The molecule has 0 saturated carbocycles. The van der Waals surface area contributed by atoms with Crippen LogP contribution in [-0.4, -0.2) is 31.3 Å². The van der Waals surface area contributed by atoms with Crippen molar-refractivity contribution in [3.8, 4) is 0 Å². The van der Waals surface area contributed by atoms with Crippen molar-refractivity contribution in [2.45, 2.75) is 0 Å². The van der Waals surface area contributed by atoms with Gasteiger partial charge in [0, 0.05) is 12.4 Å². The molecule has 1 amide bonds. The Morgan fingerprint density at radius 1 is 1.54 bits per heavy atom. The summed E-state index contributed by atoms with van der Waals surface area (Å²) in [6.07, 6.45) is 4.48. The number of nitrogens with one attached hydrogen (secondary N) is 3. The Kier molecular flexibility index (Phi) is 1.75. The van der Waals surface area contributed by atoms with Crippen molar-refractivity contribution in [2.24, 2.45) is 0 Å². The van der Waals surface area contributed by atoms with Crippen LogP contribution >= 0.6 is 0 Å². The number of imidazole rings is 1. The molecule has 0 saturated heterocycles. The van der Waals surface area contributed by atoms with Crippen LogP contribution in [0, 0.1) is 0 Å². The van der Waals surface area contributed by atoms with Crippen LogP contribution in [0.3, 0.4) is 0 Å². The first kappa shape index (κ1) is 7.47. The summed E-state index contributed by atoms with van der Waals surface area (Å²) in [5.74, 6) is 0.0247. The zero-order valence-corrected chi connectivity index (χ0v) is 6.48. The summed E-state index contributed by atoms with van der Waals surface area (Å²) < 4.78 is 0. The first-order valence-corrected chi connectivity index (χ1v) is 3.53. The number of anilines is 1. The molecule has 0 atom stereocenters. The Hall–Kier alpha value is -2.18. The van der Waals surface area contributed by atoms with Crippen LogP contribution < -0.4 is 5.32 Å². The van der Waals surface area contributed by atoms with E-state index in [-0.39, 0.29) is 11.6 Å². The number of hydrogen-bond acceptors (Lipinski definition) is 4. The lowest BCUT2D eigenvalue weighted by molar-refractivity contribution is 0.102. The van der Waals surface area contributed by atoms with Crippen molar-refractivity contribution in [3.63, 3.8) is 0 Å². The van der Waals surface area contributed by atoms with Gasteiger partial charge in [-0.15, -0.1) is 0 Å². The number of hydrogen-bond donors (Lipinski definition) is 3. The van der Waals surface area contributed by atoms with E-state index >= 15 is 0 Å². The standard InChI is InChI=1S/C6H6N6O/c13-5(4-3-9-12-11-4)10-6-7-1-2-8-6/h1-3H,(H,9,11,12)(H2,7,8,10,13). The Labute approximate surface area is 72.6 Å². The maximum atomic E-state index is 11.3. The molecule has 0 aromatic carbocycles. The quantitative estimate of drug-likeness (QED) is 0.591. The molecular formula is C6H6N6O. The van der Waals surface area contributed by atoms with E-state index in [9.17, 15) is 4.79 Å². The van der Waals surface area contributed by atoms with E-state index < -0.39 is 0 Å². The third-order valence-corrected chi connectivity index (χ3v) is 1.38. The third-order valence-electron chi connectivity index (χ3n) is 1.38. The molecule has 0 aliphatic carbocycles. The van der Waals surface area contributed by atoms with Crippen molar-refractivity contribution in [1.29, 1.82) is 0 Å². The van der Waals surface area contributed by atoms with Gasteiger partial charge in [-0.2, -0.15) is 15.4 Å². The lowest BCUT2D eigenvalue weighted by Crippen LogP contribution is -2.13. The van der Waals surface area contributed by atoms with Crippen LogP contribution in [0.25, 0.3) is 0 Å². The van der Waals surface area contributed by atoms with Gasteiger partial charge in [-0.25, -0.2) is 4.98 Å². The van der Waals surface area contributed by atoms with E-state index in [1.807, 2.05) is 0 Å². The molecule has 2 rings (SSSR count). The fourth-order valence-corrected chi connectivity index (χ4v) is 0.816. The van der Waals surface area contributed by atoms with Crippen molar-refractivity contribution in [3.05, 3.63) is 24.3 Å². The molecule has 0 spiro atoms. The van der Waals surface area contributed by atoms with Gasteiger partial charge in [0.05, 0.1) is 6.20 Å². The number of carbonyl (C=O) groups is 1. The van der Waals surface area contributed by atoms with Gasteiger partial charge in [-0.05, 0) is 0 Å². The number of rotatable bonds is 2. The lowest BCUT2D eigenvalue weighted by atomic mass is 10.4. The van der Waals surface area contributed by atoms with Crippen LogP contribution in [0.15, 0.2) is 18.6 Å². The van der Waals surface area contributed by atoms with E-state index in [0.29, 0.717) is 5.95 Å². The Balaban J connectivity index is 2.08. The smallest absolute Gasteiger partial charge is 0.280 e. The predicted molar refractivity (Wildman–Crippen MR) is 42.9 cm³/mol. The molecule has 3 N–H and O–H groups in total. The maximum absolute atomic E-state index is 11.3. The Morgan fingerprint density at radius 2 is 2.46 bits per heavy atom. The molecule has 13 heavy (non-hydrogen) atoms. The number of amides is 1. The monoisotopic (exact) mass is 178 g/mol. The molecule has 7 nitrogen and oxygen atoms in total. The molecule has 0 fully saturated rings. The van der Waals surface area contributed by atoms with Crippen molar-refractivity contribution >= 4 is 11.9 Å². The topological polar surface area (TPSA) is 99.4 Å². The highest BCUT2D eigenvalue weighted by atomic mass is 16.2. The number of carbonyl (C=O) groups excluding carboxylic acids is 1. The van der Waals surface area contributed by atoms with Crippen molar-refractivity contribution in [2.75, 3.05) is 5.32 Å². The summed E-state index contributed by atoms with van der Waals surface area (Å²) in [6.45, 7) is 0. The molecule has 0 aliphatic rings. The van der Waals surface area contributed by atoms with Crippen LogP contribution in [0.2, 0.25) is 0 Å². The predicted octanol–water partition coefficient (Wildman–Crippen LogP) is -0.220. The van der Waals surface area contributed by atoms with Gasteiger partial charge in [0.25, 0.3) is 5.91 Å². The first-order chi connectivity index (χ1) is 6.36. The third kappa shape index (κ3) is 1.53. The summed E-state index contributed by atoms with van der Waals surface area (Å²) in [6, 6.07) is 0. The van der Waals surface area contributed by atoms with Crippen LogP contribution in [0.1, 0.15) is 10.5 Å². The molecule has 2 aromatic rings. The fraction of sp³-hybridized carbons (Fsp3) is 0. The maximum Gasteiger partial charge on any atom is 0.280 e. The van der Waals surface area contributed by atoms with Crippen LogP contribution in [-0.2, 0) is 0 Å². The van der Waals surface area contributed by atoms with Gasteiger partial charge in [0.15, 0.2) is 5.69 Å². The van der Waals surface area contributed by atoms with Crippen LogP contribution in [0.5, 0.6) is 0 Å². The zero-order valence-electron chi connectivity index (χ0n) is 6.48. The second-order valence-corrected chi connectivity index (χ2v) is 2.25. The largest absolute Gasteiger partial charge is 0.331 e. The Bertz CT molecular complexity index is 377. The van der Waals surface area contributed by atoms with Crippen molar-refractivity contribution < 1.29 is 4.79 Å². The van der Waals surface area contributed by atoms with E-state index in [0.717, 1.165) is 0 Å². The molecule has 0 aliphatic heterocycles. The summed E-state index contributed by atoms with van der Waals surface area (Å²) in [4.78, 5) is 17.8. The number of aromatic amines is 2. The second-order valence-electron chi connectivity index (χ2n) is 2.25. The van der Waals surface area contributed by atoms with Gasteiger partial charge >= 0.3 is 0 Å². The van der Waals surface area contributed by atoms with Gasteiger partial charge in [0.2, 0.25) is 5.95 Å². The van der Waals surface area contributed by atoms with Crippen LogP contribution in [0.4, 0.5) is 5.95 Å². The molecule has 0 radical (unpaired) electrons. The fourth-order valence-electron chi connectivity index (χ4n) is 0.816. The number of H-pyrrole nitrogens is 2. The Morgan fingerprint density at radius 3 is 3.08 bits per heavy atom. The molecule has 66 valence electrons. The summed E-state index contributed by atoms with van der Waals surface area (Å²) in [5.41, 5.74) is 0.219. The number of nitrogens with zero attached hydrogens (tertiary/aromatic N) is 3. The molecule has 2 aromatic heterocycles. The van der Waals surface area contributed by atoms with Crippen molar-refractivity contribution in [1.82, 2.24) is 25.4 Å². The molecule has 0 unspecified atom stereocenters. The summed E-state index contributed by atoms with van der Waals surface area (Å²) in [7, 11) is 0. The zero-order chi connectivity index (χ0) is 9.10. The van der Waals surface area contributed by atoms with Gasteiger partial charge in [-0.3, -0.25) is 10.1 Å². The molecule has 7 heteroatoms. The minimum absolute atomic E-state index is 0.219. The highest BCUT2D eigenvalue weighted by Crippen LogP contribution is 1.98. The normalized spacial score (nSPS) is 9.85. The molecular weight excluding hydrogens is 172 g/mol. The highest BCUT2D eigenvalue weighted by Gasteiger charge is 2.08. The highest BCUT2D eigenvalue weighted by molar-refractivity contribution is 6.01. The lowest BCUT2D eigenvalue weighted by Gasteiger charge is -1.95. The average molecular weight is 178 g/mol. The van der Waals surface area contributed by atoms with E-state index in [1.54, 1.807) is 12.4 Å². The van der Waals surface area contributed by atoms with E-state index in [4.69, 9.17) is 0 Å². The summed E-state index contributed by atoms with van der Waals surface area (Å²) >= 11 is 0. The first-order valence-electron chi connectivity index (χ1n) is 3.53. The van der Waals surface area contributed by atoms with E-state index in [1.165, 1.54) is 6.20 Å². The van der Waals surface area contributed by atoms with Gasteiger partial charge in [0.1, 0.15) is 0 Å². The molecule has 2 heterocycles.